The molecule has 7 heteroatoms. The summed E-state index contributed by atoms with van der Waals surface area (Å²) in [6.07, 6.45) is -0.634. The third-order valence-corrected chi connectivity index (χ3v) is 4.02. The molecule has 0 saturated carbocycles. The molecule has 3 heterocycles. The molecule has 0 aromatic carbocycles. The minimum absolute atomic E-state index is 0.0343. The van der Waals surface area contributed by atoms with Gasteiger partial charge in [-0.3, -0.25) is 0 Å². The first kappa shape index (κ1) is 13.1. The van der Waals surface area contributed by atoms with Crippen molar-refractivity contribution in [3.8, 4) is 0 Å². The molecular formula is C12H12ClF3N2O. The summed E-state index contributed by atoms with van der Waals surface area (Å²) in [4.78, 5) is 7.76. The molecule has 3 atom stereocenters. The van der Waals surface area contributed by atoms with Gasteiger partial charge >= 0.3 is 6.18 Å². The summed E-state index contributed by atoms with van der Waals surface area (Å²) >= 11 is 5.51. The maximum atomic E-state index is 12.9. The van der Waals surface area contributed by atoms with Crippen LogP contribution in [-0.2, 0) is 16.8 Å². The first-order chi connectivity index (χ1) is 8.99. The second-order valence-electron chi connectivity index (χ2n) is 4.95. The van der Waals surface area contributed by atoms with E-state index in [0.717, 1.165) is 12.8 Å². The summed E-state index contributed by atoms with van der Waals surface area (Å²) in [6, 6.07) is 0. The molecule has 2 aliphatic rings. The fourth-order valence-corrected chi connectivity index (χ4v) is 3.05. The van der Waals surface area contributed by atoms with E-state index < -0.39 is 11.9 Å². The van der Waals surface area contributed by atoms with Crippen molar-refractivity contribution in [1.82, 2.24) is 9.97 Å². The lowest BCUT2D eigenvalue weighted by molar-refractivity contribution is -0.142. The van der Waals surface area contributed by atoms with Gasteiger partial charge in [0.05, 0.1) is 18.1 Å². The van der Waals surface area contributed by atoms with Crippen molar-refractivity contribution in [2.45, 2.75) is 49.4 Å². The molecule has 3 nitrogen and oxygen atoms in total. The van der Waals surface area contributed by atoms with E-state index in [-0.39, 0.29) is 35.4 Å². The molecule has 104 valence electrons. The molecule has 3 unspecified atom stereocenters. The van der Waals surface area contributed by atoms with Gasteiger partial charge < -0.3 is 4.74 Å². The molecule has 1 aromatic rings. The highest BCUT2D eigenvalue weighted by atomic mass is 35.5. The fraction of sp³-hybridized carbons (Fsp3) is 0.667. The summed E-state index contributed by atoms with van der Waals surface area (Å²) in [5, 5.41) is 0. The number of halogens is 4. The third-order valence-electron chi connectivity index (χ3n) is 3.73. The van der Waals surface area contributed by atoms with E-state index in [1.165, 1.54) is 6.20 Å². The van der Waals surface area contributed by atoms with Crippen LogP contribution in [0.4, 0.5) is 13.2 Å². The van der Waals surface area contributed by atoms with Crippen molar-refractivity contribution in [3.63, 3.8) is 0 Å². The van der Waals surface area contributed by atoms with Gasteiger partial charge in [-0.05, 0) is 19.3 Å². The van der Waals surface area contributed by atoms with Crippen LogP contribution in [0.5, 0.6) is 0 Å². The molecule has 2 bridgehead atoms. The second kappa shape index (κ2) is 4.59. The quantitative estimate of drug-likeness (QED) is 0.785. The minimum Gasteiger partial charge on any atom is -0.374 e. The van der Waals surface area contributed by atoms with Gasteiger partial charge in [0.2, 0.25) is 0 Å². The van der Waals surface area contributed by atoms with E-state index >= 15 is 0 Å². The fourth-order valence-electron chi connectivity index (χ4n) is 2.85. The summed E-state index contributed by atoms with van der Waals surface area (Å²) in [6.45, 7) is 0. The van der Waals surface area contributed by atoms with Crippen molar-refractivity contribution in [2.75, 3.05) is 0 Å². The van der Waals surface area contributed by atoms with Gasteiger partial charge in [-0.1, -0.05) is 0 Å². The highest BCUT2D eigenvalue weighted by Gasteiger charge is 2.44. The average Bonchev–Trinajstić information content (AvgIpc) is 2.99. The Morgan fingerprint density at radius 1 is 1.37 bits per heavy atom. The van der Waals surface area contributed by atoms with Crippen LogP contribution in [0.15, 0.2) is 6.20 Å². The summed E-state index contributed by atoms with van der Waals surface area (Å²) in [7, 11) is 0. The Kier molecular flexibility index (Phi) is 3.17. The molecule has 19 heavy (non-hydrogen) atoms. The maximum absolute atomic E-state index is 12.9. The first-order valence-electron chi connectivity index (χ1n) is 6.13. The van der Waals surface area contributed by atoms with Gasteiger partial charge in [0.1, 0.15) is 5.82 Å². The normalized spacial score (nSPS) is 30.0. The Hall–Kier alpha value is -0.880. The molecule has 0 aliphatic carbocycles. The van der Waals surface area contributed by atoms with Gasteiger partial charge in [0.15, 0.2) is 5.69 Å². The Morgan fingerprint density at radius 2 is 2.16 bits per heavy atom. The molecule has 0 amide bonds. The van der Waals surface area contributed by atoms with Crippen molar-refractivity contribution in [1.29, 1.82) is 0 Å². The largest absolute Gasteiger partial charge is 0.433 e. The number of alkyl halides is 4. The molecule has 0 radical (unpaired) electrons. The van der Waals surface area contributed by atoms with E-state index in [0.29, 0.717) is 6.42 Å². The predicted octanol–water partition coefficient (Wildman–Crippen LogP) is 3.27. The topological polar surface area (TPSA) is 35.0 Å². The predicted molar refractivity (Wildman–Crippen MR) is 61.8 cm³/mol. The Morgan fingerprint density at radius 3 is 2.68 bits per heavy atom. The standard InChI is InChI=1S/C12H12ClF3N2O/c13-4-6-5-17-11(18-10(6)12(14,15)16)8-3-7-1-2-9(8)19-7/h5,7-9H,1-4H2. The van der Waals surface area contributed by atoms with Gasteiger partial charge in [0, 0.05) is 17.7 Å². The van der Waals surface area contributed by atoms with E-state index in [1.54, 1.807) is 0 Å². The minimum atomic E-state index is -4.50. The number of rotatable bonds is 2. The number of fused-ring (bicyclic) bond motifs is 2. The monoisotopic (exact) mass is 292 g/mol. The van der Waals surface area contributed by atoms with E-state index in [2.05, 4.69) is 9.97 Å². The lowest BCUT2D eigenvalue weighted by Crippen LogP contribution is -2.20. The molecule has 2 aliphatic heterocycles. The zero-order valence-corrected chi connectivity index (χ0v) is 10.7. The van der Waals surface area contributed by atoms with Crippen molar-refractivity contribution < 1.29 is 17.9 Å². The Labute approximate surface area is 113 Å². The van der Waals surface area contributed by atoms with Gasteiger partial charge in [0.25, 0.3) is 0 Å². The molecule has 2 saturated heterocycles. The SMILES string of the molecule is FC(F)(F)c1nc(C2CC3CCC2O3)ncc1CCl. The zero-order chi connectivity index (χ0) is 13.6. The Bertz CT molecular complexity index is 494. The van der Waals surface area contributed by atoms with E-state index in [9.17, 15) is 13.2 Å². The number of ether oxygens (including phenoxy) is 1. The van der Waals surface area contributed by atoms with Crippen LogP contribution in [0.25, 0.3) is 0 Å². The lowest BCUT2D eigenvalue weighted by atomic mass is 9.88. The van der Waals surface area contributed by atoms with Gasteiger partial charge in [-0.25, -0.2) is 9.97 Å². The van der Waals surface area contributed by atoms with Crippen molar-refractivity contribution >= 4 is 11.6 Å². The van der Waals surface area contributed by atoms with Gasteiger partial charge in [-0.2, -0.15) is 13.2 Å². The Balaban J connectivity index is 1.95. The highest BCUT2D eigenvalue weighted by Crippen LogP contribution is 2.44. The third kappa shape index (κ3) is 2.31. The van der Waals surface area contributed by atoms with Crippen LogP contribution in [0.1, 0.15) is 42.3 Å². The average molecular weight is 293 g/mol. The van der Waals surface area contributed by atoms with Crippen LogP contribution in [-0.4, -0.2) is 22.2 Å². The van der Waals surface area contributed by atoms with E-state index in [1.807, 2.05) is 0 Å². The van der Waals surface area contributed by atoms with Crippen LogP contribution >= 0.6 is 11.6 Å². The molecule has 0 spiro atoms. The number of hydrogen-bond donors (Lipinski definition) is 0. The summed E-state index contributed by atoms with van der Waals surface area (Å²) < 4.78 is 44.4. The second-order valence-corrected chi connectivity index (χ2v) is 5.22. The summed E-state index contributed by atoms with van der Waals surface area (Å²) in [5.74, 6) is -0.139. The molecule has 0 N–H and O–H groups in total. The number of nitrogens with zero attached hydrogens (tertiary/aromatic N) is 2. The maximum Gasteiger partial charge on any atom is 0.433 e. The van der Waals surface area contributed by atoms with Gasteiger partial charge in [-0.15, -0.1) is 11.6 Å². The number of hydrogen-bond acceptors (Lipinski definition) is 3. The van der Waals surface area contributed by atoms with Crippen LogP contribution in [0, 0.1) is 0 Å². The summed E-state index contributed by atoms with van der Waals surface area (Å²) in [5.41, 5.74) is -1.00. The molecule has 3 rings (SSSR count). The van der Waals surface area contributed by atoms with Crippen molar-refractivity contribution in [2.24, 2.45) is 0 Å². The van der Waals surface area contributed by atoms with Crippen LogP contribution < -0.4 is 0 Å². The first-order valence-corrected chi connectivity index (χ1v) is 6.67. The highest BCUT2D eigenvalue weighted by molar-refractivity contribution is 6.17. The van der Waals surface area contributed by atoms with Crippen LogP contribution in [0.2, 0.25) is 0 Å². The lowest BCUT2D eigenvalue weighted by Gasteiger charge is -2.19. The van der Waals surface area contributed by atoms with Crippen LogP contribution in [0.3, 0.4) is 0 Å². The molecular weight excluding hydrogens is 281 g/mol. The number of aromatic nitrogens is 2. The van der Waals surface area contributed by atoms with Crippen molar-refractivity contribution in [3.05, 3.63) is 23.3 Å². The zero-order valence-electron chi connectivity index (χ0n) is 9.95. The molecule has 2 fully saturated rings. The van der Waals surface area contributed by atoms with E-state index in [4.69, 9.17) is 16.3 Å². The molecule has 1 aromatic heterocycles. The smallest absolute Gasteiger partial charge is 0.374 e.